The zero-order chi connectivity index (χ0) is 22.0. The van der Waals surface area contributed by atoms with Crippen LogP contribution in [0.1, 0.15) is 29.8 Å². The van der Waals surface area contributed by atoms with E-state index in [-0.39, 0.29) is 16.0 Å². The van der Waals surface area contributed by atoms with Crippen molar-refractivity contribution in [2.75, 3.05) is 0 Å². The Labute approximate surface area is 182 Å². The summed E-state index contributed by atoms with van der Waals surface area (Å²) in [6, 6.07) is 20.6. The van der Waals surface area contributed by atoms with E-state index in [1.165, 1.54) is 10.1 Å². The second-order valence-electron chi connectivity index (χ2n) is 7.48. The molecule has 4 aromatic rings. The van der Waals surface area contributed by atoms with Crippen LogP contribution in [0, 0.1) is 23.5 Å². The number of thiophene rings is 1. The van der Waals surface area contributed by atoms with Crippen molar-refractivity contribution >= 4 is 26.5 Å². The van der Waals surface area contributed by atoms with E-state index < -0.39 is 23.2 Å². The van der Waals surface area contributed by atoms with Gasteiger partial charge in [0.25, 0.3) is 0 Å². The fourth-order valence-corrected chi connectivity index (χ4v) is 5.06. The van der Waals surface area contributed by atoms with Crippen LogP contribution in [0.3, 0.4) is 0 Å². The Morgan fingerprint density at radius 1 is 0.968 bits per heavy atom. The molecule has 0 aliphatic carbocycles. The van der Waals surface area contributed by atoms with Gasteiger partial charge in [-0.1, -0.05) is 30.0 Å². The second kappa shape index (κ2) is 8.33. The number of carbonyl (C=O) groups is 1. The molecule has 3 aromatic carbocycles. The molecule has 1 heterocycles. The van der Waals surface area contributed by atoms with Crippen molar-refractivity contribution in [1.82, 2.24) is 0 Å². The van der Waals surface area contributed by atoms with E-state index in [2.05, 4.69) is 35.4 Å². The molecule has 0 amide bonds. The van der Waals surface area contributed by atoms with Crippen molar-refractivity contribution in [2.45, 2.75) is 19.4 Å². The van der Waals surface area contributed by atoms with E-state index >= 15 is 0 Å². The molecule has 5 heteroatoms. The van der Waals surface area contributed by atoms with Crippen LogP contribution in [0.4, 0.5) is 8.78 Å². The lowest BCUT2D eigenvalue weighted by Gasteiger charge is -2.18. The molecule has 0 bridgehead atoms. The molecule has 0 aliphatic heterocycles. The molecular formula is C26H19F2O2S+. The Balaban J connectivity index is 1.57. The first-order chi connectivity index (χ1) is 14.8. The summed E-state index contributed by atoms with van der Waals surface area (Å²) in [5.74, 6) is 3.55. The van der Waals surface area contributed by atoms with E-state index in [4.69, 9.17) is 4.74 Å². The third-order valence-corrected chi connectivity index (χ3v) is 6.65. The van der Waals surface area contributed by atoms with Gasteiger partial charge in [0.1, 0.15) is 17.0 Å². The maximum atomic E-state index is 13.8. The van der Waals surface area contributed by atoms with Gasteiger partial charge >= 0.3 is 5.97 Å². The molecule has 0 spiro atoms. The molecule has 154 valence electrons. The Morgan fingerprint density at radius 2 is 1.77 bits per heavy atom. The van der Waals surface area contributed by atoms with Crippen molar-refractivity contribution in [1.29, 1.82) is 0 Å². The molecule has 1 unspecified atom stereocenters. The molecule has 0 N–H and O–H groups in total. The number of benzene rings is 3. The predicted molar refractivity (Wildman–Crippen MR) is 120 cm³/mol. The number of carbonyl (C=O) groups excluding carboxylic acids is 1. The van der Waals surface area contributed by atoms with Crippen LogP contribution in [-0.2, 0) is 4.74 Å². The molecule has 31 heavy (non-hydrogen) atoms. The Bertz CT molecular complexity index is 1340. The van der Waals surface area contributed by atoms with Crippen LogP contribution in [0.2, 0.25) is 0 Å². The monoisotopic (exact) mass is 433 g/mol. The van der Waals surface area contributed by atoms with Gasteiger partial charge in [0.05, 0.1) is 11.1 Å². The summed E-state index contributed by atoms with van der Waals surface area (Å²) < 4.78 is 33.9. The van der Waals surface area contributed by atoms with Crippen molar-refractivity contribution in [3.8, 4) is 16.7 Å². The van der Waals surface area contributed by atoms with Crippen LogP contribution in [0.25, 0.3) is 15.0 Å². The number of rotatable bonds is 3. The zero-order valence-electron chi connectivity index (χ0n) is 17.0. The number of fused-ring (bicyclic) bond motifs is 1. The Hall–Kier alpha value is -3.49. The quantitative estimate of drug-likeness (QED) is 0.201. The van der Waals surface area contributed by atoms with Crippen molar-refractivity contribution in [2.24, 2.45) is 0 Å². The van der Waals surface area contributed by atoms with Crippen LogP contribution >= 0.6 is 10.5 Å². The third-order valence-electron chi connectivity index (χ3n) is 4.64. The van der Waals surface area contributed by atoms with Crippen molar-refractivity contribution < 1.29 is 18.3 Å². The number of ether oxygens (including phenoxy) is 1. The first-order valence-electron chi connectivity index (χ1n) is 9.64. The van der Waals surface area contributed by atoms with Gasteiger partial charge in [-0.3, -0.25) is 0 Å². The number of hydrogen-bond acceptors (Lipinski definition) is 2. The van der Waals surface area contributed by atoms with Gasteiger partial charge in [-0.25, -0.2) is 13.6 Å². The molecule has 0 fully saturated rings. The van der Waals surface area contributed by atoms with Gasteiger partial charge in [-0.2, -0.15) is 0 Å². The summed E-state index contributed by atoms with van der Waals surface area (Å²) in [5, 5.41) is 3.32. The summed E-state index contributed by atoms with van der Waals surface area (Å²) in [4.78, 5) is 13.8. The lowest BCUT2D eigenvalue weighted by atomic mass is 10.1. The standard InChI is InChI=1S/C26H19F2O2S/c1-26(2,14-12-19-16-21(27)10-11-23(19)28)30-25(29)20-7-5-8-22(17-20)31-15-13-18-6-3-4-9-24(18)31/h3-11,13,15-17H,1-2H3/q+1. The lowest BCUT2D eigenvalue weighted by Crippen LogP contribution is -2.26. The van der Waals surface area contributed by atoms with E-state index in [0.29, 0.717) is 5.56 Å². The Kier molecular flexibility index (Phi) is 5.58. The maximum absolute atomic E-state index is 13.8. The molecule has 0 radical (unpaired) electrons. The van der Waals surface area contributed by atoms with Crippen LogP contribution < -0.4 is 0 Å². The molecule has 0 saturated heterocycles. The van der Waals surface area contributed by atoms with Gasteiger partial charge < -0.3 is 4.74 Å². The summed E-state index contributed by atoms with van der Waals surface area (Å²) in [6.07, 6.45) is 0. The second-order valence-corrected chi connectivity index (χ2v) is 9.34. The fourth-order valence-electron chi connectivity index (χ4n) is 3.13. The average molecular weight is 433 g/mol. The maximum Gasteiger partial charge on any atom is 0.339 e. The highest BCUT2D eigenvalue weighted by atomic mass is 32.2. The van der Waals surface area contributed by atoms with Gasteiger partial charge in [0.15, 0.2) is 15.2 Å². The predicted octanol–water partition coefficient (Wildman–Crippen LogP) is 6.84. The Morgan fingerprint density at radius 3 is 2.61 bits per heavy atom. The largest absolute Gasteiger partial charge is 0.443 e. The third kappa shape index (κ3) is 4.65. The summed E-state index contributed by atoms with van der Waals surface area (Å²) in [7, 11) is -0.242. The molecule has 1 atom stereocenters. The van der Waals surface area contributed by atoms with Gasteiger partial charge in [-0.15, -0.1) is 0 Å². The van der Waals surface area contributed by atoms with Crippen molar-refractivity contribution in [3.63, 3.8) is 0 Å². The zero-order valence-corrected chi connectivity index (χ0v) is 17.8. The number of hydrogen-bond donors (Lipinski definition) is 0. The highest BCUT2D eigenvalue weighted by Crippen LogP contribution is 2.39. The van der Waals surface area contributed by atoms with Crippen LogP contribution in [-0.4, -0.2) is 11.6 Å². The minimum atomic E-state index is -1.19. The average Bonchev–Trinajstić information content (AvgIpc) is 3.18. The summed E-state index contributed by atoms with van der Waals surface area (Å²) >= 11 is 0. The fraction of sp³-hybridized carbons (Fsp3) is 0.115. The van der Waals surface area contributed by atoms with Gasteiger partial charge in [-0.05, 0) is 56.3 Å². The topological polar surface area (TPSA) is 26.3 Å². The van der Waals surface area contributed by atoms with Crippen LogP contribution in [0.15, 0.2) is 78.2 Å². The lowest BCUT2D eigenvalue weighted by molar-refractivity contribution is 0.0204. The SMILES string of the molecule is CC(C)(C#Cc1cc(F)ccc1F)OC(=O)c1cccc(-[s+]2ccc3ccccc32)c1. The molecule has 1 aromatic heterocycles. The number of halogens is 2. The summed E-state index contributed by atoms with van der Waals surface area (Å²) in [6.45, 7) is 3.22. The van der Waals surface area contributed by atoms with Gasteiger partial charge in [0.2, 0.25) is 0 Å². The number of esters is 1. The minimum Gasteiger partial charge on any atom is -0.443 e. The molecular weight excluding hydrogens is 414 g/mol. The molecule has 2 nitrogen and oxygen atoms in total. The van der Waals surface area contributed by atoms with Gasteiger partial charge in [0, 0.05) is 28.0 Å². The van der Waals surface area contributed by atoms with E-state index in [0.717, 1.165) is 23.1 Å². The molecule has 4 rings (SSSR count). The first kappa shape index (κ1) is 20.8. The molecule has 0 saturated carbocycles. The van der Waals surface area contributed by atoms with Crippen molar-refractivity contribution in [3.05, 3.63) is 101 Å². The minimum absolute atomic E-state index is 0.0843. The normalized spacial score (nSPS) is 11.7. The summed E-state index contributed by atoms with van der Waals surface area (Å²) in [5.41, 5.74) is -0.859. The highest BCUT2D eigenvalue weighted by Gasteiger charge is 2.23. The van der Waals surface area contributed by atoms with E-state index in [1.807, 2.05) is 30.3 Å². The van der Waals surface area contributed by atoms with E-state index in [1.54, 1.807) is 19.9 Å². The van der Waals surface area contributed by atoms with E-state index in [9.17, 15) is 13.6 Å². The smallest absolute Gasteiger partial charge is 0.339 e. The highest BCUT2D eigenvalue weighted by molar-refractivity contribution is 7.43. The first-order valence-corrected chi connectivity index (χ1v) is 10.9. The molecule has 0 aliphatic rings. The van der Waals surface area contributed by atoms with Crippen LogP contribution in [0.5, 0.6) is 0 Å².